The van der Waals surface area contributed by atoms with Crippen LogP contribution < -0.4 is 10.2 Å². The van der Waals surface area contributed by atoms with Crippen LogP contribution in [0.1, 0.15) is 18.9 Å². The number of hydrogen-bond donors (Lipinski definition) is 2. The van der Waals surface area contributed by atoms with Crippen LogP contribution in [-0.2, 0) is 4.79 Å². The molecule has 0 saturated heterocycles. The van der Waals surface area contributed by atoms with Crippen molar-refractivity contribution in [1.29, 1.82) is 0 Å². The van der Waals surface area contributed by atoms with Crippen LogP contribution in [0, 0.1) is 0 Å². The average molecular weight is 333 g/mol. The number of hydrogen-bond acceptors (Lipinski definition) is 4. The molecule has 0 saturated carbocycles. The van der Waals surface area contributed by atoms with E-state index in [1.807, 2.05) is 6.92 Å². The van der Waals surface area contributed by atoms with Crippen molar-refractivity contribution in [3.8, 4) is 11.5 Å². The standard InChI is InChI=1S/C17H17ClN2O3/c1-2-15(14-5-3-4-6-16(14)21)19-20-17(22)11-23-13-9-7-12(18)8-10-13/h3-10,21H,2,11H2,1H3,(H,20,22). The van der Waals surface area contributed by atoms with Crippen LogP contribution in [0.2, 0.25) is 5.02 Å². The zero-order valence-electron chi connectivity index (χ0n) is 12.6. The van der Waals surface area contributed by atoms with Gasteiger partial charge in [-0.2, -0.15) is 5.10 Å². The molecule has 2 aromatic carbocycles. The molecule has 5 nitrogen and oxygen atoms in total. The topological polar surface area (TPSA) is 70.9 Å². The van der Waals surface area contributed by atoms with Gasteiger partial charge in [0.2, 0.25) is 0 Å². The van der Waals surface area contributed by atoms with E-state index in [9.17, 15) is 9.90 Å². The van der Waals surface area contributed by atoms with Crippen LogP contribution in [0.3, 0.4) is 0 Å². The summed E-state index contributed by atoms with van der Waals surface area (Å²) in [5.74, 6) is 0.283. The third-order valence-corrected chi connectivity index (χ3v) is 3.30. The first kappa shape index (κ1) is 16.8. The summed E-state index contributed by atoms with van der Waals surface area (Å²) in [7, 11) is 0. The van der Waals surface area contributed by atoms with Gasteiger partial charge in [-0.15, -0.1) is 0 Å². The van der Waals surface area contributed by atoms with Gasteiger partial charge in [0.15, 0.2) is 6.61 Å². The molecular weight excluding hydrogens is 316 g/mol. The molecule has 0 bridgehead atoms. The minimum atomic E-state index is -0.388. The molecule has 2 rings (SSSR count). The van der Waals surface area contributed by atoms with Gasteiger partial charge in [-0.25, -0.2) is 5.43 Å². The lowest BCUT2D eigenvalue weighted by Crippen LogP contribution is -2.26. The van der Waals surface area contributed by atoms with Gasteiger partial charge in [-0.3, -0.25) is 4.79 Å². The second kappa shape index (κ2) is 8.19. The first-order valence-corrected chi connectivity index (χ1v) is 7.50. The molecule has 2 aromatic rings. The van der Waals surface area contributed by atoms with Crippen LogP contribution >= 0.6 is 11.6 Å². The predicted molar refractivity (Wildman–Crippen MR) is 90.0 cm³/mol. The van der Waals surface area contributed by atoms with E-state index in [0.717, 1.165) is 0 Å². The number of ether oxygens (including phenoxy) is 1. The highest BCUT2D eigenvalue weighted by molar-refractivity contribution is 6.30. The Balaban J connectivity index is 1.93. The van der Waals surface area contributed by atoms with Crippen molar-refractivity contribution in [2.24, 2.45) is 5.10 Å². The lowest BCUT2D eigenvalue weighted by Gasteiger charge is -2.08. The highest BCUT2D eigenvalue weighted by atomic mass is 35.5. The van der Waals surface area contributed by atoms with Gasteiger partial charge in [-0.05, 0) is 42.8 Å². The molecule has 0 unspecified atom stereocenters. The molecule has 6 heteroatoms. The van der Waals surface area contributed by atoms with Gasteiger partial charge in [0, 0.05) is 10.6 Å². The van der Waals surface area contributed by atoms with Crippen molar-refractivity contribution in [2.45, 2.75) is 13.3 Å². The van der Waals surface area contributed by atoms with Gasteiger partial charge in [0.05, 0.1) is 5.71 Å². The molecule has 0 aliphatic carbocycles. The molecule has 1 amide bonds. The second-order valence-electron chi connectivity index (χ2n) is 4.71. The van der Waals surface area contributed by atoms with Crippen molar-refractivity contribution in [3.05, 3.63) is 59.1 Å². The Morgan fingerprint density at radius 3 is 2.57 bits per heavy atom. The number of carbonyl (C=O) groups excluding carboxylic acids is 1. The number of halogens is 1. The number of hydrazone groups is 1. The van der Waals surface area contributed by atoms with Gasteiger partial charge in [-0.1, -0.05) is 30.7 Å². The monoisotopic (exact) mass is 332 g/mol. The van der Waals surface area contributed by atoms with Crippen molar-refractivity contribution >= 4 is 23.2 Å². The lowest BCUT2D eigenvalue weighted by atomic mass is 10.1. The van der Waals surface area contributed by atoms with Crippen molar-refractivity contribution in [1.82, 2.24) is 5.43 Å². The number of nitrogens with one attached hydrogen (secondary N) is 1. The third kappa shape index (κ3) is 5.00. The lowest BCUT2D eigenvalue weighted by molar-refractivity contribution is -0.123. The molecular formula is C17H17ClN2O3. The SMILES string of the molecule is CCC(=NNC(=O)COc1ccc(Cl)cc1)c1ccccc1O. The van der Waals surface area contributed by atoms with E-state index in [1.165, 1.54) is 0 Å². The van der Waals surface area contributed by atoms with E-state index in [0.29, 0.717) is 28.5 Å². The summed E-state index contributed by atoms with van der Waals surface area (Å²) in [5.41, 5.74) is 3.61. The molecule has 23 heavy (non-hydrogen) atoms. The Labute approximate surface area is 139 Å². The number of phenols is 1. The number of nitrogens with zero attached hydrogens (tertiary/aromatic N) is 1. The Bertz CT molecular complexity index is 699. The van der Waals surface area contributed by atoms with Gasteiger partial charge < -0.3 is 9.84 Å². The summed E-state index contributed by atoms with van der Waals surface area (Å²) in [6.45, 7) is 1.73. The number of benzene rings is 2. The fraction of sp³-hybridized carbons (Fsp3) is 0.176. The fourth-order valence-electron chi connectivity index (χ4n) is 1.89. The number of aromatic hydroxyl groups is 1. The average Bonchev–Trinajstić information content (AvgIpc) is 2.56. The number of amides is 1. The van der Waals surface area contributed by atoms with Gasteiger partial charge >= 0.3 is 0 Å². The van der Waals surface area contributed by atoms with E-state index < -0.39 is 0 Å². The fourth-order valence-corrected chi connectivity index (χ4v) is 2.02. The highest BCUT2D eigenvalue weighted by Crippen LogP contribution is 2.18. The summed E-state index contributed by atoms with van der Waals surface area (Å²) in [4.78, 5) is 11.8. The first-order chi connectivity index (χ1) is 11.1. The normalized spacial score (nSPS) is 11.1. The van der Waals surface area contributed by atoms with Gasteiger partial charge in [0.1, 0.15) is 11.5 Å². The maximum atomic E-state index is 11.8. The Morgan fingerprint density at radius 1 is 1.22 bits per heavy atom. The minimum absolute atomic E-state index is 0.125. The van der Waals surface area contributed by atoms with Crippen LogP contribution in [-0.4, -0.2) is 23.3 Å². The Morgan fingerprint density at radius 2 is 1.91 bits per heavy atom. The number of rotatable bonds is 6. The zero-order valence-corrected chi connectivity index (χ0v) is 13.4. The summed E-state index contributed by atoms with van der Waals surface area (Å²) >= 11 is 5.77. The first-order valence-electron chi connectivity index (χ1n) is 7.12. The molecule has 0 spiro atoms. The van der Waals surface area contributed by atoms with Crippen LogP contribution in [0.4, 0.5) is 0 Å². The van der Waals surface area contributed by atoms with E-state index >= 15 is 0 Å². The molecule has 0 aliphatic heterocycles. The predicted octanol–water partition coefficient (Wildman–Crippen LogP) is 3.35. The number of phenolic OH excluding ortho intramolecular Hbond substituents is 1. The van der Waals surface area contributed by atoms with Gasteiger partial charge in [0.25, 0.3) is 5.91 Å². The molecule has 0 heterocycles. The number of para-hydroxylation sites is 1. The largest absolute Gasteiger partial charge is 0.507 e. The summed E-state index contributed by atoms with van der Waals surface area (Å²) in [5, 5.41) is 14.5. The van der Waals surface area contributed by atoms with Crippen LogP contribution in [0.25, 0.3) is 0 Å². The van der Waals surface area contributed by atoms with Crippen molar-refractivity contribution in [2.75, 3.05) is 6.61 Å². The van der Waals surface area contributed by atoms with Crippen LogP contribution in [0.15, 0.2) is 53.6 Å². The highest BCUT2D eigenvalue weighted by Gasteiger charge is 2.08. The van der Waals surface area contributed by atoms with E-state index in [4.69, 9.17) is 16.3 Å². The smallest absolute Gasteiger partial charge is 0.277 e. The van der Waals surface area contributed by atoms with E-state index in [2.05, 4.69) is 10.5 Å². The summed E-state index contributed by atoms with van der Waals surface area (Å²) < 4.78 is 5.33. The Hall–Kier alpha value is -2.53. The number of carbonyl (C=O) groups is 1. The van der Waals surface area contributed by atoms with Crippen molar-refractivity contribution < 1.29 is 14.6 Å². The molecule has 0 radical (unpaired) electrons. The van der Waals surface area contributed by atoms with Crippen molar-refractivity contribution in [3.63, 3.8) is 0 Å². The summed E-state index contributed by atoms with van der Waals surface area (Å²) in [6.07, 6.45) is 0.565. The van der Waals surface area contributed by atoms with Crippen LogP contribution in [0.5, 0.6) is 11.5 Å². The molecule has 0 aromatic heterocycles. The Kier molecular flexibility index (Phi) is 6.00. The maximum absolute atomic E-state index is 11.8. The maximum Gasteiger partial charge on any atom is 0.277 e. The molecule has 120 valence electrons. The second-order valence-corrected chi connectivity index (χ2v) is 5.14. The summed E-state index contributed by atoms with van der Waals surface area (Å²) in [6, 6.07) is 13.6. The molecule has 0 atom stereocenters. The minimum Gasteiger partial charge on any atom is -0.507 e. The molecule has 2 N–H and O–H groups in total. The third-order valence-electron chi connectivity index (χ3n) is 3.05. The zero-order chi connectivity index (χ0) is 16.7. The van der Waals surface area contributed by atoms with E-state index in [-0.39, 0.29) is 18.3 Å². The quantitative estimate of drug-likeness (QED) is 0.629. The van der Waals surface area contributed by atoms with E-state index in [1.54, 1.807) is 48.5 Å². The molecule has 0 aliphatic rings. The molecule has 0 fully saturated rings.